The Balaban J connectivity index is 1.89. The third-order valence-corrected chi connectivity index (χ3v) is 7.24. The molecule has 0 fully saturated rings. The third-order valence-electron chi connectivity index (χ3n) is 5.40. The van der Waals surface area contributed by atoms with E-state index in [4.69, 9.17) is 0 Å². The van der Waals surface area contributed by atoms with Gasteiger partial charge in [-0.05, 0) is 48.6 Å². The van der Waals surface area contributed by atoms with Crippen LogP contribution in [0.5, 0.6) is 5.75 Å². The Morgan fingerprint density at radius 3 is 2.55 bits per heavy atom. The molecule has 3 aromatic rings. The minimum Gasteiger partial charge on any atom is -0.508 e. The van der Waals surface area contributed by atoms with E-state index in [0.717, 1.165) is 16.3 Å². The summed E-state index contributed by atoms with van der Waals surface area (Å²) in [7, 11) is -0.283. The molecule has 3 aromatic carbocycles. The first-order chi connectivity index (χ1) is 14.7. The number of phenols is 1. The van der Waals surface area contributed by atoms with Gasteiger partial charge in [0, 0.05) is 31.3 Å². The van der Waals surface area contributed by atoms with Gasteiger partial charge < -0.3 is 10.1 Å². The molecule has 0 bridgehead atoms. The van der Waals surface area contributed by atoms with Gasteiger partial charge in [0.15, 0.2) is 0 Å². The Labute approximate surface area is 182 Å². The maximum absolute atomic E-state index is 13.8. The topological polar surface area (TPSA) is 73.2 Å². The molecule has 4 rings (SSSR count). The number of anilines is 1. The number of hydrogen-bond acceptors (Lipinski definition) is 5. The van der Waals surface area contributed by atoms with Crippen LogP contribution in [0.3, 0.4) is 0 Å². The lowest BCUT2D eigenvalue weighted by Crippen LogP contribution is -2.32. The van der Waals surface area contributed by atoms with Gasteiger partial charge in [0.1, 0.15) is 5.75 Å². The molecule has 0 radical (unpaired) electrons. The highest BCUT2D eigenvalue weighted by Gasteiger charge is 2.41. The summed E-state index contributed by atoms with van der Waals surface area (Å²) in [6.07, 6.45) is 1.92. The fourth-order valence-electron chi connectivity index (χ4n) is 3.99. The van der Waals surface area contributed by atoms with E-state index in [9.17, 15) is 13.5 Å². The van der Waals surface area contributed by atoms with Crippen LogP contribution in [-0.2, 0) is 10.0 Å². The molecule has 0 saturated heterocycles. The van der Waals surface area contributed by atoms with Crippen molar-refractivity contribution in [1.82, 2.24) is 5.01 Å². The minimum absolute atomic E-state index is 0.0731. The predicted octanol–water partition coefficient (Wildman–Crippen LogP) is 4.60. The number of benzene rings is 3. The van der Waals surface area contributed by atoms with Crippen molar-refractivity contribution in [3.8, 4) is 5.75 Å². The summed E-state index contributed by atoms with van der Waals surface area (Å²) in [5, 5.41) is 18.2. The second-order valence-electron chi connectivity index (χ2n) is 7.96. The predicted molar refractivity (Wildman–Crippen MR) is 125 cm³/mol. The Hall–Kier alpha value is -3.32. The molecule has 1 atom stereocenters. The van der Waals surface area contributed by atoms with Crippen LogP contribution in [0.2, 0.25) is 0 Å². The molecule has 1 aliphatic heterocycles. The number of hydrogen-bond donors (Lipinski definition) is 1. The van der Waals surface area contributed by atoms with Crippen molar-refractivity contribution >= 4 is 32.7 Å². The second-order valence-corrected chi connectivity index (χ2v) is 9.77. The standard InChI is InChI=1S/C24H25N3O3S/c1-16-8-11-19(12-9-16)31(29,30)27-20-7-5-6-18-10-13-22(28)24(23(18)20)21(27)14-17(2)15-25-26(3)4/h5-13,15,21,28H,2,14H2,1,3-4H3. The zero-order valence-electron chi connectivity index (χ0n) is 17.8. The quantitative estimate of drug-likeness (QED) is 0.454. The summed E-state index contributed by atoms with van der Waals surface area (Å²) in [6.45, 7) is 5.98. The van der Waals surface area contributed by atoms with E-state index in [1.165, 1.54) is 4.31 Å². The molecule has 31 heavy (non-hydrogen) atoms. The van der Waals surface area contributed by atoms with Crippen molar-refractivity contribution < 1.29 is 13.5 Å². The van der Waals surface area contributed by atoms with Gasteiger partial charge in [-0.15, -0.1) is 0 Å². The van der Waals surface area contributed by atoms with E-state index in [1.807, 2.05) is 19.1 Å². The van der Waals surface area contributed by atoms with E-state index in [2.05, 4.69) is 11.7 Å². The molecule has 1 unspecified atom stereocenters. The average molecular weight is 436 g/mol. The molecular weight excluding hydrogens is 410 g/mol. The summed E-state index contributed by atoms with van der Waals surface area (Å²) >= 11 is 0. The highest BCUT2D eigenvalue weighted by molar-refractivity contribution is 7.92. The summed E-state index contributed by atoms with van der Waals surface area (Å²) in [6, 6.07) is 15.1. The SMILES string of the molecule is C=C(C=NN(C)C)CC1c2c(O)ccc3cccc(c23)N1S(=O)(=O)c1ccc(C)cc1. The highest BCUT2D eigenvalue weighted by atomic mass is 32.2. The average Bonchev–Trinajstić information content (AvgIpc) is 3.06. The number of aromatic hydroxyl groups is 1. The monoisotopic (exact) mass is 435 g/mol. The van der Waals surface area contributed by atoms with Crippen LogP contribution in [0.15, 0.2) is 76.7 Å². The van der Waals surface area contributed by atoms with Gasteiger partial charge in [0.25, 0.3) is 10.0 Å². The zero-order chi connectivity index (χ0) is 22.3. The number of hydrazone groups is 1. The van der Waals surface area contributed by atoms with Crippen molar-refractivity contribution in [2.75, 3.05) is 18.4 Å². The highest BCUT2D eigenvalue weighted by Crippen LogP contribution is 2.52. The van der Waals surface area contributed by atoms with Gasteiger partial charge in [0.05, 0.1) is 16.6 Å². The molecule has 0 aromatic heterocycles. The van der Waals surface area contributed by atoms with Crippen LogP contribution in [0, 0.1) is 6.92 Å². The Morgan fingerprint density at radius 1 is 1.16 bits per heavy atom. The fourth-order valence-corrected chi connectivity index (χ4v) is 5.62. The van der Waals surface area contributed by atoms with Crippen molar-refractivity contribution in [3.05, 3.63) is 77.9 Å². The molecule has 1 N–H and O–H groups in total. The number of nitrogens with zero attached hydrogens (tertiary/aromatic N) is 3. The van der Waals surface area contributed by atoms with Crippen LogP contribution in [0.4, 0.5) is 5.69 Å². The van der Waals surface area contributed by atoms with Crippen LogP contribution >= 0.6 is 0 Å². The molecule has 0 spiro atoms. The number of aryl methyl sites for hydroxylation is 1. The first-order valence-corrected chi connectivity index (χ1v) is 11.4. The summed E-state index contributed by atoms with van der Waals surface area (Å²) < 4.78 is 29.0. The first kappa shape index (κ1) is 20.9. The van der Waals surface area contributed by atoms with Crippen molar-refractivity contribution in [3.63, 3.8) is 0 Å². The van der Waals surface area contributed by atoms with Gasteiger partial charge in [-0.25, -0.2) is 8.42 Å². The van der Waals surface area contributed by atoms with Crippen LogP contribution in [0.25, 0.3) is 10.8 Å². The Kier molecular flexibility index (Phi) is 5.23. The normalized spacial score (nSPS) is 15.7. The van der Waals surface area contributed by atoms with Crippen LogP contribution < -0.4 is 4.31 Å². The molecular formula is C24H25N3O3S. The maximum Gasteiger partial charge on any atom is 0.264 e. The minimum atomic E-state index is -3.89. The molecule has 1 aliphatic rings. The van der Waals surface area contributed by atoms with E-state index in [-0.39, 0.29) is 10.6 Å². The van der Waals surface area contributed by atoms with Crippen molar-refractivity contribution in [2.24, 2.45) is 5.10 Å². The second kappa shape index (κ2) is 7.74. The van der Waals surface area contributed by atoms with Crippen molar-refractivity contribution in [2.45, 2.75) is 24.3 Å². The smallest absolute Gasteiger partial charge is 0.264 e. The first-order valence-electron chi connectivity index (χ1n) is 9.95. The molecule has 7 heteroatoms. The van der Waals surface area contributed by atoms with E-state index < -0.39 is 16.1 Å². The van der Waals surface area contributed by atoms with E-state index >= 15 is 0 Å². The maximum atomic E-state index is 13.8. The zero-order valence-corrected chi connectivity index (χ0v) is 18.6. The van der Waals surface area contributed by atoms with Crippen LogP contribution in [-0.4, -0.2) is 38.8 Å². The summed E-state index contributed by atoms with van der Waals surface area (Å²) in [5.74, 6) is 0.0731. The Morgan fingerprint density at radius 2 is 1.87 bits per heavy atom. The van der Waals surface area contributed by atoms with Gasteiger partial charge >= 0.3 is 0 Å². The molecule has 160 valence electrons. The van der Waals surface area contributed by atoms with Crippen molar-refractivity contribution in [1.29, 1.82) is 0 Å². The lowest BCUT2D eigenvalue weighted by atomic mass is 9.97. The number of phenolic OH excluding ortho intramolecular Hbond substituents is 1. The van der Waals surface area contributed by atoms with E-state index in [1.54, 1.807) is 67.8 Å². The fraction of sp³-hybridized carbons (Fsp3) is 0.208. The van der Waals surface area contributed by atoms with Gasteiger partial charge in [-0.3, -0.25) is 4.31 Å². The lowest BCUT2D eigenvalue weighted by molar-refractivity contribution is 0.440. The number of sulfonamides is 1. The Bertz CT molecular complexity index is 1300. The lowest BCUT2D eigenvalue weighted by Gasteiger charge is -2.28. The van der Waals surface area contributed by atoms with E-state index in [0.29, 0.717) is 23.2 Å². The number of rotatable bonds is 6. The third kappa shape index (κ3) is 3.65. The molecule has 0 saturated carbocycles. The summed E-state index contributed by atoms with van der Waals surface area (Å²) in [5.41, 5.74) is 2.80. The van der Waals surface area contributed by atoms with Gasteiger partial charge in [-0.1, -0.05) is 42.5 Å². The largest absolute Gasteiger partial charge is 0.508 e. The molecule has 1 heterocycles. The summed E-state index contributed by atoms with van der Waals surface area (Å²) in [4.78, 5) is 0.208. The molecule has 0 aliphatic carbocycles. The van der Waals surface area contributed by atoms with Crippen LogP contribution in [0.1, 0.15) is 23.6 Å². The van der Waals surface area contributed by atoms with Gasteiger partial charge in [0.2, 0.25) is 0 Å². The molecule has 6 nitrogen and oxygen atoms in total. The van der Waals surface area contributed by atoms with Gasteiger partial charge in [-0.2, -0.15) is 5.10 Å². The molecule has 0 amide bonds.